The van der Waals surface area contributed by atoms with E-state index in [-0.39, 0.29) is 23.6 Å². The summed E-state index contributed by atoms with van der Waals surface area (Å²) in [6, 6.07) is 8.89. The number of carbonyl (C=O) groups is 3. The van der Waals surface area contributed by atoms with Crippen molar-refractivity contribution in [1.82, 2.24) is 5.32 Å². The molecule has 0 saturated heterocycles. The van der Waals surface area contributed by atoms with Crippen LogP contribution in [0.4, 0.5) is 11.4 Å². The van der Waals surface area contributed by atoms with Gasteiger partial charge in [-0.25, -0.2) is 0 Å². The zero-order chi connectivity index (χ0) is 18.4. The van der Waals surface area contributed by atoms with Crippen molar-refractivity contribution in [2.45, 2.75) is 25.7 Å². The fourth-order valence-corrected chi connectivity index (χ4v) is 3.07. The number of anilines is 2. The molecule has 3 N–H and O–H groups in total. The molecule has 2 aromatic rings. The number of carbonyl (C=O) groups excluding carboxylic acids is 3. The highest BCUT2D eigenvalue weighted by Gasteiger charge is 2.29. The van der Waals surface area contributed by atoms with Gasteiger partial charge < -0.3 is 16.0 Å². The number of thiophene rings is 1. The Labute approximate surface area is 156 Å². The topological polar surface area (TPSA) is 87.3 Å². The Morgan fingerprint density at radius 2 is 1.85 bits per heavy atom. The predicted octanol–water partition coefficient (Wildman–Crippen LogP) is 3.25. The van der Waals surface area contributed by atoms with Crippen LogP contribution in [0.15, 0.2) is 41.1 Å². The first-order chi connectivity index (χ1) is 12.6. The van der Waals surface area contributed by atoms with Gasteiger partial charge >= 0.3 is 0 Å². The number of hydrogen-bond acceptors (Lipinski definition) is 4. The van der Waals surface area contributed by atoms with E-state index in [1.807, 2.05) is 5.38 Å². The molecule has 6 nitrogen and oxygen atoms in total. The van der Waals surface area contributed by atoms with E-state index in [0.717, 1.165) is 12.8 Å². The van der Waals surface area contributed by atoms with Gasteiger partial charge in [-0.2, -0.15) is 11.3 Å². The van der Waals surface area contributed by atoms with E-state index in [1.54, 1.807) is 35.7 Å². The Balaban J connectivity index is 1.39. The van der Waals surface area contributed by atoms with Crippen LogP contribution in [-0.2, 0) is 9.59 Å². The lowest BCUT2D eigenvalue weighted by atomic mass is 10.2. The highest BCUT2D eigenvalue weighted by atomic mass is 32.1. The Kier molecular flexibility index (Phi) is 6.01. The molecule has 0 bridgehead atoms. The van der Waals surface area contributed by atoms with Crippen LogP contribution >= 0.6 is 11.3 Å². The van der Waals surface area contributed by atoms with E-state index in [4.69, 9.17) is 0 Å². The first-order valence-electron chi connectivity index (χ1n) is 8.63. The molecule has 1 aromatic heterocycles. The minimum Gasteiger partial charge on any atom is -0.352 e. The van der Waals surface area contributed by atoms with E-state index in [2.05, 4.69) is 16.0 Å². The Bertz CT molecular complexity index is 785. The first-order valence-corrected chi connectivity index (χ1v) is 9.57. The van der Waals surface area contributed by atoms with E-state index < -0.39 is 0 Å². The maximum Gasteiger partial charge on any atom is 0.252 e. The van der Waals surface area contributed by atoms with E-state index in [0.29, 0.717) is 36.3 Å². The zero-order valence-corrected chi connectivity index (χ0v) is 15.1. The minimum atomic E-state index is -0.125. The Morgan fingerprint density at radius 1 is 1.08 bits per heavy atom. The molecule has 1 saturated carbocycles. The molecule has 0 radical (unpaired) electrons. The van der Waals surface area contributed by atoms with Crippen molar-refractivity contribution in [2.24, 2.45) is 5.92 Å². The van der Waals surface area contributed by atoms with Crippen LogP contribution in [0.5, 0.6) is 0 Å². The second-order valence-electron chi connectivity index (χ2n) is 6.26. The predicted molar refractivity (Wildman–Crippen MR) is 102 cm³/mol. The lowest BCUT2D eigenvalue weighted by molar-refractivity contribution is -0.117. The number of nitrogens with one attached hydrogen (secondary N) is 3. The highest BCUT2D eigenvalue weighted by molar-refractivity contribution is 7.08. The van der Waals surface area contributed by atoms with Gasteiger partial charge in [-0.15, -0.1) is 0 Å². The van der Waals surface area contributed by atoms with Gasteiger partial charge in [0, 0.05) is 41.2 Å². The van der Waals surface area contributed by atoms with E-state index in [9.17, 15) is 14.4 Å². The lowest BCUT2D eigenvalue weighted by Gasteiger charge is -2.09. The van der Waals surface area contributed by atoms with Crippen LogP contribution in [0.2, 0.25) is 0 Å². The summed E-state index contributed by atoms with van der Waals surface area (Å²) < 4.78 is 0. The molecule has 7 heteroatoms. The normalized spacial score (nSPS) is 13.1. The summed E-state index contributed by atoms with van der Waals surface area (Å²) in [5.41, 5.74) is 1.97. The van der Waals surface area contributed by atoms with Gasteiger partial charge in [0.25, 0.3) is 5.91 Å². The van der Waals surface area contributed by atoms with Crippen molar-refractivity contribution >= 4 is 40.4 Å². The molecule has 0 unspecified atom stereocenters. The maximum atomic E-state index is 12.0. The van der Waals surface area contributed by atoms with Gasteiger partial charge in [0.15, 0.2) is 0 Å². The molecule has 3 amide bonds. The molecule has 0 spiro atoms. The third-order valence-corrected chi connectivity index (χ3v) is 4.69. The highest BCUT2D eigenvalue weighted by Crippen LogP contribution is 2.30. The van der Waals surface area contributed by atoms with Crippen molar-refractivity contribution in [3.63, 3.8) is 0 Å². The lowest BCUT2D eigenvalue weighted by Crippen LogP contribution is -2.25. The largest absolute Gasteiger partial charge is 0.352 e. The van der Waals surface area contributed by atoms with Crippen LogP contribution in [0.3, 0.4) is 0 Å². The fourth-order valence-electron chi connectivity index (χ4n) is 2.43. The molecule has 0 aliphatic heterocycles. The van der Waals surface area contributed by atoms with Gasteiger partial charge in [0.1, 0.15) is 0 Å². The van der Waals surface area contributed by atoms with Crippen molar-refractivity contribution in [1.29, 1.82) is 0 Å². The van der Waals surface area contributed by atoms with Crippen LogP contribution in [0.25, 0.3) is 0 Å². The standard InChI is InChI=1S/C19H21N3O3S/c23-17(5-2-9-20-18(24)14-8-10-26-12-14)21-15-3-1-4-16(11-15)22-19(25)13-6-7-13/h1,3-4,8,10-13H,2,5-7,9H2,(H,20,24)(H,21,23)(H,22,25). The molecule has 1 aliphatic carbocycles. The van der Waals surface area contributed by atoms with Gasteiger partial charge in [0.05, 0.1) is 0 Å². The zero-order valence-electron chi connectivity index (χ0n) is 14.3. The molecular formula is C19H21N3O3S. The summed E-state index contributed by atoms with van der Waals surface area (Å²) in [5, 5.41) is 12.1. The summed E-state index contributed by atoms with van der Waals surface area (Å²) in [4.78, 5) is 35.6. The monoisotopic (exact) mass is 371 g/mol. The van der Waals surface area contributed by atoms with Crippen molar-refractivity contribution < 1.29 is 14.4 Å². The molecular weight excluding hydrogens is 350 g/mol. The third kappa shape index (κ3) is 5.42. The summed E-state index contributed by atoms with van der Waals surface area (Å²) in [6.45, 7) is 0.444. The average Bonchev–Trinajstić information content (AvgIpc) is 3.33. The second-order valence-corrected chi connectivity index (χ2v) is 7.04. The number of benzene rings is 1. The van der Waals surface area contributed by atoms with E-state index >= 15 is 0 Å². The van der Waals surface area contributed by atoms with Crippen molar-refractivity contribution in [3.05, 3.63) is 46.7 Å². The van der Waals surface area contributed by atoms with E-state index in [1.165, 1.54) is 11.3 Å². The Morgan fingerprint density at radius 3 is 2.54 bits per heavy atom. The van der Waals surface area contributed by atoms with Gasteiger partial charge in [-0.3, -0.25) is 14.4 Å². The van der Waals surface area contributed by atoms with Gasteiger partial charge in [-0.05, 0) is 48.9 Å². The molecule has 136 valence electrons. The SMILES string of the molecule is O=C(CCCNC(=O)c1ccsc1)Nc1cccc(NC(=O)C2CC2)c1. The summed E-state index contributed by atoms with van der Waals surface area (Å²) in [5.74, 6) is -0.0707. The molecule has 1 fully saturated rings. The quantitative estimate of drug-likeness (QED) is 0.623. The molecule has 1 aliphatic rings. The molecule has 1 heterocycles. The summed E-state index contributed by atoms with van der Waals surface area (Å²) in [6.07, 6.45) is 2.76. The number of rotatable bonds is 8. The smallest absolute Gasteiger partial charge is 0.252 e. The van der Waals surface area contributed by atoms with Crippen LogP contribution in [-0.4, -0.2) is 24.3 Å². The van der Waals surface area contributed by atoms with Gasteiger partial charge in [0.2, 0.25) is 11.8 Å². The van der Waals surface area contributed by atoms with Crippen molar-refractivity contribution in [2.75, 3.05) is 17.2 Å². The molecule has 3 rings (SSSR count). The van der Waals surface area contributed by atoms with Crippen molar-refractivity contribution in [3.8, 4) is 0 Å². The second kappa shape index (κ2) is 8.62. The fraction of sp³-hybridized carbons (Fsp3) is 0.316. The van der Waals surface area contributed by atoms with Crippen LogP contribution in [0, 0.1) is 5.92 Å². The molecule has 1 aromatic carbocycles. The summed E-state index contributed by atoms with van der Waals surface area (Å²) in [7, 11) is 0. The maximum absolute atomic E-state index is 12.0. The van der Waals surface area contributed by atoms with Crippen LogP contribution in [0.1, 0.15) is 36.0 Å². The minimum absolute atomic E-state index is 0.0369. The van der Waals surface area contributed by atoms with Crippen LogP contribution < -0.4 is 16.0 Å². The summed E-state index contributed by atoms with van der Waals surface area (Å²) >= 11 is 1.47. The number of amides is 3. The first kappa shape index (κ1) is 18.1. The third-order valence-electron chi connectivity index (χ3n) is 4.01. The number of hydrogen-bond donors (Lipinski definition) is 3. The van der Waals surface area contributed by atoms with Gasteiger partial charge in [-0.1, -0.05) is 6.07 Å². The molecule has 26 heavy (non-hydrogen) atoms. The molecule has 0 atom stereocenters. The Hall–Kier alpha value is -2.67. The average molecular weight is 371 g/mol.